The van der Waals surface area contributed by atoms with Gasteiger partial charge in [0.25, 0.3) is 0 Å². The molecule has 0 spiro atoms. The molecule has 1 atom stereocenters. The molecule has 0 aliphatic carbocycles. The third kappa shape index (κ3) is 7.60. The lowest BCUT2D eigenvalue weighted by Crippen LogP contribution is -2.39. The largest absolute Gasteiger partial charge is 0.379 e. The topological polar surface area (TPSA) is 48.9 Å². The minimum absolute atomic E-state index is 0. The smallest absolute Gasteiger partial charge is 0.191 e. The number of guanidine groups is 1. The summed E-state index contributed by atoms with van der Waals surface area (Å²) in [6.07, 6.45) is 0. The predicted octanol–water partition coefficient (Wildman–Crippen LogP) is 3.61. The van der Waals surface area contributed by atoms with Crippen LogP contribution in [0.25, 0.3) is 0 Å². The van der Waals surface area contributed by atoms with Crippen molar-refractivity contribution >= 4 is 29.9 Å². The van der Waals surface area contributed by atoms with E-state index in [1.54, 1.807) is 0 Å². The monoisotopic (exact) mass is 508 g/mol. The SMILES string of the molecule is CN=C(NCc1ccccc1CN1CCOCC1)NCC(C)c1ccccc1.I. The number of rotatable bonds is 7. The molecule has 1 aliphatic rings. The Labute approximate surface area is 192 Å². The van der Waals surface area contributed by atoms with Crippen LogP contribution in [0, 0.1) is 0 Å². The van der Waals surface area contributed by atoms with Gasteiger partial charge in [-0.1, -0.05) is 61.5 Å². The Kier molecular flexibility index (Phi) is 10.5. The Bertz CT molecular complexity index is 748. The fourth-order valence-corrected chi connectivity index (χ4v) is 3.43. The van der Waals surface area contributed by atoms with Crippen molar-refractivity contribution in [3.8, 4) is 0 Å². The molecular formula is C23H33IN4O. The van der Waals surface area contributed by atoms with Gasteiger partial charge >= 0.3 is 0 Å². The van der Waals surface area contributed by atoms with Crippen LogP contribution in [0.4, 0.5) is 0 Å². The van der Waals surface area contributed by atoms with E-state index in [2.05, 4.69) is 82.0 Å². The lowest BCUT2D eigenvalue weighted by Gasteiger charge is -2.27. The maximum absolute atomic E-state index is 5.46. The van der Waals surface area contributed by atoms with Crippen LogP contribution in [0.15, 0.2) is 59.6 Å². The fraction of sp³-hybridized carbons (Fsp3) is 0.435. The van der Waals surface area contributed by atoms with Crippen LogP contribution in [-0.2, 0) is 17.8 Å². The summed E-state index contributed by atoms with van der Waals surface area (Å²) in [5.74, 6) is 1.26. The van der Waals surface area contributed by atoms with Crippen LogP contribution < -0.4 is 10.6 Å². The van der Waals surface area contributed by atoms with Gasteiger partial charge in [-0.3, -0.25) is 9.89 Å². The molecule has 1 unspecified atom stereocenters. The molecule has 2 aromatic carbocycles. The van der Waals surface area contributed by atoms with E-state index in [0.717, 1.165) is 51.9 Å². The summed E-state index contributed by atoms with van der Waals surface area (Å²) in [4.78, 5) is 6.84. The molecule has 6 heteroatoms. The Morgan fingerprint density at radius 1 is 1.00 bits per heavy atom. The van der Waals surface area contributed by atoms with Gasteiger partial charge in [0.1, 0.15) is 0 Å². The van der Waals surface area contributed by atoms with Crippen molar-refractivity contribution in [2.24, 2.45) is 4.99 Å². The molecule has 1 aliphatic heterocycles. The first-order valence-electron chi connectivity index (χ1n) is 10.1. The highest BCUT2D eigenvalue weighted by molar-refractivity contribution is 14.0. The average molecular weight is 508 g/mol. The fourth-order valence-electron chi connectivity index (χ4n) is 3.43. The van der Waals surface area contributed by atoms with Crippen molar-refractivity contribution in [3.63, 3.8) is 0 Å². The standard InChI is InChI=1S/C23H32N4O.HI/c1-19(20-8-4-3-5-9-20)16-25-23(24-2)26-17-21-10-6-7-11-22(21)18-27-12-14-28-15-13-27;/h3-11,19H,12-18H2,1-2H3,(H2,24,25,26);1H. The molecule has 0 amide bonds. The minimum Gasteiger partial charge on any atom is -0.379 e. The summed E-state index contributed by atoms with van der Waals surface area (Å²) in [7, 11) is 1.82. The summed E-state index contributed by atoms with van der Waals surface area (Å²) in [6.45, 7) is 8.47. The molecule has 0 radical (unpaired) electrons. The first-order valence-corrected chi connectivity index (χ1v) is 10.1. The Balaban J connectivity index is 0.00000300. The van der Waals surface area contributed by atoms with Crippen LogP contribution in [0.3, 0.4) is 0 Å². The van der Waals surface area contributed by atoms with Crippen LogP contribution in [0.5, 0.6) is 0 Å². The zero-order chi connectivity index (χ0) is 19.6. The van der Waals surface area contributed by atoms with Gasteiger partial charge < -0.3 is 15.4 Å². The van der Waals surface area contributed by atoms with Crippen LogP contribution >= 0.6 is 24.0 Å². The Morgan fingerprint density at radius 2 is 1.66 bits per heavy atom. The van der Waals surface area contributed by atoms with Gasteiger partial charge in [-0.25, -0.2) is 0 Å². The van der Waals surface area contributed by atoms with Gasteiger partial charge in [0.05, 0.1) is 13.2 Å². The summed E-state index contributed by atoms with van der Waals surface area (Å²) in [5.41, 5.74) is 4.01. The number of aliphatic imine (C=N–C) groups is 1. The second-order valence-electron chi connectivity index (χ2n) is 7.28. The van der Waals surface area contributed by atoms with E-state index in [1.807, 2.05) is 7.05 Å². The number of hydrogen-bond donors (Lipinski definition) is 2. The first-order chi connectivity index (χ1) is 13.8. The third-order valence-corrected chi connectivity index (χ3v) is 5.23. The zero-order valence-electron chi connectivity index (χ0n) is 17.4. The maximum atomic E-state index is 5.46. The highest BCUT2D eigenvalue weighted by Gasteiger charge is 2.13. The van der Waals surface area contributed by atoms with Crippen molar-refractivity contribution in [1.29, 1.82) is 0 Å². The average Bonchev–Trinajstić information content (AvgIpc) is 2.76. The van der Waals surface area contributed by atoms with E-state index in [1.165, 1.54) is 16.7 Å². The molecule has 2 N–H and O–H groups in total. The molecule has 1 fully saturated rings. The highest BCUT2D eigenvalue weighted by atomic mass is 127. The highest BCUT2D eigenvalue weighted by Crippen LogP contribution is 2.14. The van der Waals surface area contributed by atoms with Gasteiger partial charge in [-0.05, 0) is 22.6 Å². The molecule has 158 valence electrons. The molecule has 5 nitrogen and oxygen atoms in total. The molecule has 1 saturated heterocycles. The number of benzene rings is 2. The molecule has 3 rings (SSSR count). The molecular weight excluding hydrogens is 475 g/mol. The van der Waals surface area contributed by atoms with Crippen molar-refractivity contribution in [2.75, 3.05) is 39.9 Å². The van der Waals surface area contributed by atoms with Crippen molar-refractivity contribution < 1.29 is 4.74 Å². The van der Waals surface area contributed by atoms with Crippen LogP contribution in [0.2, 0.25) is 0 Å². The molecule has 0 saturated carbocycles. The molecule has 29 heavy (non-hydrogen) atoms. The molecule has 0 aromatic heterocycles. The number of nitrogens with zero attached hydrogens (tertiary/aromatic N) is 2. The Morgan fingerprint density at radius 3 is 2.34 bits per heavy atom. The Hall–Kier alpha value is -1.64. The quantitative estimate of drug-likeness (QED) is 0.341. The second kappa shape index (κ2) is 12.8. The van der Waals surface area contributed by atoms with E-state index in [9.17, 15) is 0 Å². The van der Waals surface area contributed by atoms with E-state index < -0.39 is 0 Å². The van der Waals surface area contributed by atoms with Crippen LogP contribution in [-0.4, -0.2) is 50.8 Å². The minimum atomic E-state index is 0. The van der Waals surface area contributed by atoms with Gasteiger partial charge in [0.2, 0.25) is 0 Å². The van der Waals surface area contributed by atoms with Gasteiger partial charge in [0, 0.05) is 39.8 Å². The van der Waals surface area contributed by atoms with Crippen molar-refractivity contribution in [1.82, 2.24) is 15.5 Å². The lowest BCUT2D eigenvalue weighted by molar-refractivity contribution is 0.0341. The van der Waals surface area contributed by atoms with E-state index in [0.29, 0.717) is 5.92 Å². The molecule has 1 heterocycles. The normalized spacial score (nSPS) is 16.0. The van der Waals surface area contributed by atoms with Crippen LogP contribution in [0.1, 0.15) is 29.5 Å². The lowest BCUT2D eigenvalue weighted by atomic mass is 10.0. The maximum Gasteiger partial charge on any atom is 0.191 e. The van der Waals surface area contributed by atoms with E-state index in [-0.39, 0.29) is 24.0 Å². The van der Waals surface area contributed by atoms with Crippen molar-refractivity contribution in [3.05, 3.63) is 71.3 Å². The number of morpholine rings is 1. The van der Waals surface area contributed by atoms with Gasteiger partial charge in [0.15, 0.2) is 5.96 Å². The van der Waals surface area contributed by atoms with E-state index in [4.69, 9.17) is 4.74 Å². The summed E-state index contributed by atoms with van der Waals surface area (Å²) in [5, 5.41) is 6.92. The molecule has 0 bridgehead atoms. The molecule has 2 aromatic rings. The van der Waals surface area contributed by atoms with Crippen molar-refractivity contribution in [2.45, 2.75) is 25.9 Å². The summed E-state index contributed by atoms with van der Waals surface area (Å²) in [6, 6.07) is 19.2. The van der Waals surface area contributed by atoms with Gasteiger partial charge in [-0.15, -0.1) is 24.0 Å². The number of hydrogen-bond acceptors (Lipinski definition) is 3. The number of ether oxygens (including phenoxy) is 1. The number of halogens is 1. The predicted molar refractivity (Wildman–Crippen MR) is 131 cm³/mol. The zero-order valence-corrected chi connectivity index (χ0v) is 19.8. The van der Waals surface area contributed by atoms with E-state index >= 15 is 0 Å². The second-order valence-corrected chi connectivity index (χ2v) is 7.28. The number of nitrogens with one attached hydrogen (secondary N) is 2. The summed E-state index contributed by atoms with van der Waals surface area (Å²) < 4.78 is 5.46. The van der Waals surface area contributed by atoms with Gasteiger partial charge in [-0.2, -0.15) is 0 Å². The third-order valence-electron chi connectivity index (χ3n) is 5.23. The summed E-state index contributed by atoms with van der Waals surface area (Å²) >= 11 is 0. The first kappa shape index (κ1) is 23.6.